The molecule has 16 heavy (non-hydrogen) atoms. The van der Waals surface area contributed by atoms with Crippen molar-refractivity contribution in [2.24, 2.45) is 0 Å². The number of nitrogens with zero attached hydrogens (tertiary/aromatic N) is 2. The Bertz CT molecular complexity index is 342. The summed E-state index contributed by atoms with van der Waals surface area (Å²) in [6.07, 6.45) is 1.14. The van der Waals surface area contributed by atoms with Crippen LogP contribution in [0.4, 0.5) is 5.13 Å². The van der Waals surface area contributed by atoms with Gasteiger partial charge in [0.05, 0.1) is 0 Å². The maximum Gasteiger partial charge on any atom is 0.326 e. The van der Waals surface area contributed by atoms with Crippen LogP contribution in [0.15, 0.2) is 0 Å². The van der Waals surface area contributed by atoms with Crippen molar-refractivity contribution in [3.05, 3.63) is 5.82 Å². The molecule has 0 spiro atoms. The summed E-state index contributed by atoms with van der Waals surface area (Å²) in [7, 11) is 1.54. The lowest BCUT2D eigenvalue weighted by Crippen LogP contribution is -2.30. The van der Waals surface area contributed by atoms with E-state index in [-0.39, 0.29) is 0 Å². The largest absolute Gasteiger partial charge is 0.480 e. The Morgan fingerprint density at radius 1 is 1.69 bits per heavy atom. The average Bonchev–Trinajstić information content (AvgIpc) is 2.71. The third-order valence-electron chi connectivity index (χ3n) is 1.99. The van der Waals surface area contributed by atoms with Crippen molar-refractivity contribution in [3.8, 4) is 0 Å². The van der Waals surface area contributed by atoms with Gasteiger partial charge in [-0.1, -0.05) is 6.92 Å². The van der Waals surface area contributed by atoms with E-state index in [0.29, 0.717) is 18.2 Å². The Kier molecular flexibility index (Phi) is 5.13. The fraction of sp³-hybridized carbons (Fsp3) is 0.667. The molecule has 1 heterocycles. The molecule has 0 bridgehead atoms. The predicted octanol–water partition coefficient (Wildman–Crippen LogP) is 1.00. The van der Waals surface area contributed by atoms with Crippen LogP contribution in [0, 0.1) is 0 Å². The van der Waals surface area contributed by atoms with Crippen molar-refractivity contribution in [2.75, 3.05) is 19.0 Å². The molecule has 1 rings (SSSR count). The SMILES string of the molecule is CCc1nsc(NC(CCOC)C(=O)O)n1. The number of ether oxygens (including phenoxy) is 1. The molecule has 0 amide bonds. The number of aliphatic carboxylic acids is 1. The zero-order valence-electron chi connectivity index (χ0n) is 9.27. The molecule has 0 radical (unpaired) electrons. The van der Waals surface area contributed by atoms with Gasteiger partial charge < -0.3 is 15.2 Å². The second-order valence-electron chi connectivity index (χ2n) is 3.19. The fourth-order valence-corrected chi connectivity index (χ4v) is 1.80. The molecule has 2 N–H and O–H groups in total. The number of hydrogen-bond donors (Lipinski definition) is 2. The van der Waals surface area contributed by atoms with E-state index >= 15 is 0 Å². The maximum atomic E-state index is 10.9. The summed E-state index contributed by atoms with van der Waals surface area (Å²) in [4.78, 5) is 15.1. The van der Waals surface area contributed by atoms with E-state index in [4.69, 9.17) is 9.84 Å². The third-order valence-corrected chi connectivity index (χ3v) is 2.67. The zero-order valence-corrected chi connectivity index (χ0v) is 10.1. The van der Waals surface area contributed by atoms with Gasteiger partial charge in [0, 0.05) is 38.1 Å². The second kappa shape index (κ2) is 6.39. The van der Waals surface area contributed by atoms with Gasteiger partial charge >= 0.3 is 5.97 Å². The highest BCUT2D eigenvalue weighted by molar-refractivity contribution is 7.09. The molecule has 1 atom stereocenters. The predicted molar refractivity (Wildman–Crippen MR) is 60.8 cm³/mol. The molecule has 0 aliphatic carbocycles. The minimum atomic E-state index is -0.912. The summed E-state index contributed by atoms with van der Waals surface area (Å²) >= 11 is 1.18. The molecule has 1 unspecified atom stereocenters. The Hall–Kier alpha value is -1.21. The molecule has 7 heteroatoms. The standard InChI is InChI=1S/C9H15N3O3S/c1-3-7-11-9(16-12-7)10-6(8(13)14)4-5-15-2/h6H,3-5H2,1-2H3,(H,13,14)(H,10,11,12). The number of anilines is 1. The Morgan fingerprint density at radius 3 is 2.94 bits per heavy atom. The zero-order chi connectivity index (χ0) is 12.0. The van der Waals surface area contributed by atoms with Gasteiger partial charge in [-0.15, -0.1) is 0 Å². The number of nitrogens with one attached hydrogen (secondary N) is 1. The van der Waals surface area contributed by atoms with Gasteiger partial charge in [-0.25, -0.2) is 9.78 Å². The number of carbonyl (C=O) groups is 1. The number of methoxy groups -OCH3 is 1. The molecule has 90 valence electrons. The van der Waals surface area contributed by atoms with Crippen LogP contribution in [0.3, 0.4) is 0 Å². The summed E-state index contributed by atoms with van der Waals surface area (Å²) in [5.41, 5.74) is 0. The average molecular weight is 245 g/mol. The molecule has 1 aromatic heterocycles. The first kappa shape index (κ1) is 12.9. The van der Waals surface area contributed by atoms with Crippen LogP contribution in [0.1, 0.15) is 19.2 Å². The van der Waals surface area contributed by atoms with Crippen molar-refractivity contribution in [3.63, 3.8) is 0 Å². The Labute approximate surface area is 97.8 Å². The molecule has 1 aromatic rings. The van der Waals surface area contributed by atoms with Crippen molar-refractivity contribution in [2.45, 2.75) is 25.8 Å². The summed E-state index contributed by atoms with van der Waals surface area (Å²) < 4.78 is 8.92. The molecular weight excluding hydrogens is 230 g/mol. The van der Waals surface area contributed by atoms with E-state index in [0.717, 1.165) is 12.2 Å². The smallest absolute Gasteiger partial charge is 0.326 e. The number of aryl methyl sites for hydroxylation is 1. The van der Waals surface area contributed by atoms with Crippen LogP contribution < -0.4 is 5.32 Å². The van der Waals surface area contributed by atoms with Crippen molar-refractivity contribution in [1.82, 2.24) is 9.36 Å². The van der Waals surface area contributed by atoms with Gasteiger partial charge in [-0.05, 0) is 0 Å². The lowest BCUT2D eigenvalue weighted by Gasteiger charge is -2.12. The molecule has 6 nitrogen and oxygen atoms in total. The van der Waals surface area contributed by atoms with Gasteiger partial charge in [-0.3, -0.25) is 0 Å². The molecule has 0 saturated carbocycles. The summed E-state index contributed by atoms with van der Waals surface area (Å²) in [6, 6.07) is -0.683. The van der Waals surface area contributed by atoms with Gasteiger partial charge in [0.15, 0.2) is 0 Å². The number of rotatable bonds is 7. The van der Waals surface area contributed by atoms with E-state index in [1.54, 1.807) is 7.11 Å². The minimum Gasteiger partial charge on any atom is -0.480 e. The molecule has 0 aliphatic heterocycles. The maximum absolute atomic E-state index is 10.9. The van der Waals surface area contributed by atoms with Crippen molar-refractivity contribution in [1.29, 1.82) is 0 Å². The van der Waals surface area contributed by atoms with Gasteiger partial charge in [0.2, 0.25) is 5.13 Å². The quantitative estimate of drug-likeness (QED) is 0.745. The van der Waals surface area contributed by atoms with Crippen LogP contribution in [0.2, 0.25) is 0 Å². The fourth-order valence-electron chi connectivity index (χ4n) is 1.10. The molecule has 0 aromatic carbocycles. The van der Waals surface area contributed by atoms with Crippen LogP contribution in [0.25, 0.3) is 0 Å². The molecule has 0 saturated heterocycles. The van der Waals surface area contributed by atoms with E-state index in [2.05, 4.69) is 14.7 Å². The summed E-state index contributed by atoms with van der Waals surface area (Å²) in [5, 5.41) is 12.3. The normalized spacial score (nSPS) is 12.4. The monoisotopic (exact) mass is 245 g/mol. The lowest BCUT2D eigenvalue weighted by molar-refractivity contribution is -0.138. The molecule has 0 fully saturated rings. The van der Waals surface area contributed by atoms with Crippen molar-refractivity contribution >= 4 is 22.6 Å². The highest BCUT2D eigenvalue weighted by Gasteiger charge is 2.18. The number of aromatic nitrogens is 2. The lowest BCUT2D eigenvalue weighted by atomic mass is 10.2. The number of hydrogen-bond acceptors (Lipinski definition) is 6. The van der Waals surface area contributed by atoms with Gasteiger partial charge in [0.1, 0.15) is 11.9 Å². The molecular formula is C9H15N3O3S. The van der Waals surface area contributed by atoms with Crippen LogP contribution in [-0.4, -0.2) is 40.2 Å². The topological polar surface area (TPSA) is 84.3 Å². The van der Waals surface area contributed by atoms with E-state index < -0.39 is 12.0 Å². The third kappa shape index (κ3) is 3.74. The van der Waals surface area contributed by atoms with Crippen LogP contribution in [-0.2, 0) is 16.0 Å². The van der Waals surface area contributed by atoms with E-state index in [1.807, 2.05) is 6.92 Å². The minimum absolute atomic E-state index is 0.392. The first-order chi connectivity index (χ1) is 7.67. The highest BCUT2D eigenvalue weighted by Crippen LogP contribution is 2.13. The van der Waals surface area contributed by atoms with Crippen LogP contribution >= 0.6 is 11.5 Å². The van der Waals surface area contributed by atoms with Gasteiger partial charge in [-0.2, -0.15) is 4.37 Å². The second-order valence-corrected chi connectivity index (χ2v) is 3.94. The number of carboxylic acid groups (broad SMARTS) is 1. The van der Waals surface area contributed by atoms with E-state index in [9.17, 15) is 4.79 Å². The summed E-state index contributed by atoms with van der Waals surface area (Å²) in [6.45, 7) is 2.34. The first-order valence-corrected chi connectivity index (χ1v) is 5.75. The summed E-state index contributed by atoms with van der Waals surface area (Å²) in [5.74, 6) is -0.186. The van der Waals surface area contributed by atoms with E-state index in [1.165, 1.54) is 11.5 Å². The van der Waals surface area contributed by atoms with Crippen LogP contribution in [0.5, 0.6) is 0 Å². The Morgan fingerprint density at radius 2 is 2.44 bits per heavy atom. The highest BCUT2D eigenvalue weighted by atomic mass is 32.1. The molecule has 0 aliphatic rings. The van der Waals surface area contributed by atoms with Gasteiger partial charge in [0.25, 0.3) is 0 Å². The Balaban J connectivity index is 2.56. The number of carboxylic acids is 1. The van der Waals surface area contributed by atoms with Crippen molar-refractivity contribution < 1.29 is 14.6 Å². The first-order valence-electron chi connectivity index (χ1n) is 4.98.